The van der Waals surface area contributed by atoms with E-state index in [2.05, 4.69) is 25.2 Å². The first-order chi connectivity index (χ1) is 12.0. The van der Waals surface area contributed by atoms with Crippen LogP contribution in [0.2, 0.25) is 0 Å². The van der Waals surface area contributed by atoms with E-state index in [1.165, 1.54) is 11.1 Å². The van der Waals surface area contributed by atoms with Crippen molar-refractivity contribution in [3.63, 3.8) is 0 Å². The lowest BCUT2D eigenvalue weighted by molar-refractivity contribution is -0.120. The van der Waals surface area contributed by atoms with E-state index in [1.807, 2.05) is 18.2 Å². The molecule has 4 nitrogen and oxygen atoms in total. The highest BCUT2D eigenvalue weighted by Gasteiger charge is 2.11. The van der Waals surface area contributed by atoms with Gasteiger partial charge in [-0.25, -0.2) is 0 Å². The predicted octanol–water partition coefficient (Wildman–Crippen LogP) is 4.05. The van der Waals surface area contributed by atoms with Crippen LogP contribution in [0, 0.1) is 13.8 Å². The Labute approximate surface area is 147 Å². The number of carbonyl (C=O) groups is 1. The molecule has 3 rings (SSSR count). The molecule has 0 aliphatic carbocycles. The van der Waals surface area contributed by atoms with Gasteiger partial charge >= 0.3 is 0 Å². The number of furan rings is 1. The van der Waals surface area contributed by atoms with E-state index in [1.54, 1.807) is 18.4 Å². The van der Waals surface area contributed by atoms with Gasteiger partial charge in [-0.05, 0) is 67.6 Å². The Bertz CT molecular complexity index is 878. The second kappa shape index (κ2) is 7.43. The molecule has 0 radical (unpaired) electrons. The monoisotopic (exact) mass is 337 g/mol. The van der Waals surface area contributed by atoms with Crippen molar-refractivity contribution in [3.05, 3.63) is 64.9 Å². The molecule has 0 saturated heterocycles. The molecular weight excluding hydrogens is 314 g/mol. The highest BCUT2D eigenvalue weighted by molar-refractivity contribution is 5.88. The zero-order valence-corrected chi connectivity index (χ0v) is 14.6. The van der Waals surface area contributed by atoms with Crippen LogP contribution in [0.4, 0.5) is 0 Å². The van der Waals surface area contributed by atoms with Crippen LogP contribution in [0.3, 0.4) is 0 Å². The molecule has 0 saturated carbocycles. The lowest BCUT2D eigenvalue weighted by Gasteiger charge is -2.05. The van der Waals surface area contributed by atoms with Gasteiger partial charge in [0.15, 0.2) is 0 Å². The van der Waals surface area contributed by atoms with Gasteiger partial charge in [0, 0.05) is 17.5 Å². The van der Waals surface area contributed by atoms with Crippen LogP contribution in [0.1, 0.15) is 28.7 Å². The minimum absolute atomic E-state index is 0.00614. The van der Waals surface area contributed by atoms with Gasteiger partial charge in [-0.2, -0.15) is 0 Å². The van der Waals surface area contributed by atoms with Crippen molar-refractivity contribution in [1.29, 1.82) is 0 Å². The lowest BCUT2D eigenvalue weighted by atomic mass is 10.0. The Hall–Kier alpha value is -2.75. The minimum Gasteiger partial charge on any atom is -0.508 e. The first-order valence-corrected chi connectivity index (χ1v) is 8.55. The standard InChI is InChI=1S/C21H23NO3/c1-14-10-19-17(13-25-20(19)11-15(14)2)12-21(24)22-9-3-4-16-5-7-18(23)8-6-16/h5-8,10-11,13,23H,3-4,9,12H2,1-2H3,(H,22,24). The fraction of sp³-hybridized carbons (Fsp3) is 0.286. The molecule has 0 atom stereocenters. The van der Waals surface area contributed by atoms with Crippen molar-refractivity contribution < 1.29 is 14.3 Å². The molecule has 2 aromatic carbocycles. The van der Waals surface area contributed by atoms with E-state index in [0.29, 0.717) is 13.0 Å². The molecule has 25 heavy (non-hydrogen) atoms. The van der Waals surface area contributed by atoms with E-state index in [9.17, 15) is 9.90 Å². The van der Waals surface area contributed by atoms with Gasteiger partial charge in [0.05, 0.1) is 12.7 Å². The summed E-state index contributed by atoms with van der Waals surface area (Å²) in [5, 5.41) is 13.2. The summed E-state index contributed by atoms with van der Waals surface area (Å²) >= 11 is 0. The molecule has 2 N–H and O–H groups in total. The Kier molecular flexibility index (Phi) is 5.08. The third kappa shape index (κ3) is 4.21. The predicted molar refractivity (Wildman–Crippen MR) is 98.8 cm³/mol. The smallest absolute Gasteiger partial charge is 0.224 e. The number of nitrogens with one attached hydrogen (secondary N) is 1. The summed E-state index contributed by atoms with van der Waals surface area (Å²) in [5.41, 5.74) is 5.29. The van der Waals surface area contributed by atoms with Gasteiger partial charge in [-0.1, -0.05) is 12.1 Å². The number of benzene rings is 2. The Morgan fingerprint density at radius 1 is 1.12 bits per heavy atom. The number of carbonyl (C=O) groups excluding carboxylic acids is 1. The zero-order valence-electron chi connectivity index (χ0n) is 14.6. The summed E-state index contributed by atoms with van der Waals surface area (Å²) in [4.78, 5) is 12.2. The molecule has 4 heteroatoms. The summed E-state index contributed by atoms with van der Waals surface area (Å²) in [6.45, 7) is 4.75. The van der Waals surface area contributed by atoms with Gasteiger partial charge < -0.3 is 14.8 Å². The molecule has 0 aliphatic heterocycles. The first kappa shape index (κ1) is 17.1. The van der Waals surface area contributed by atoms with Crippen molar-refractivity contribution in [2.45, 2.75) is 33.1 Å². The number of aromatic hydroxyl groups is 1. The minimum atomic E-state index is 0.00614. The summed E-state index contributed by atoms with van der Waals surface area (Å²) in [5.74, 6) is 0.279. The normalized spacial score (nSPS) is 11.0. The molecule has 1 aromatic heterocycles. The fourth-order valence-electron chi connectivity index (χ4n) is 2.89. The second-order valence-electron chi connectivity index (χ2n) is 6.49. The van der Waals surface area contributed by atoms with E-state index >= 15 is 0 Å². The summed E-state index contributed by atoms with van der Waals surface area (Å²) in [7, 11) is 0. The number of aryl methyl sites for hydroxylation is 3. The first-order valence-electron chi connectivity index (χ1n) is 8.55. The quantitative estimate of drug-likeness (QED) is 0.667. The SMILES string of the molecule is Cc1cc2occ(CC(=O)NCCCc3ccc(O)cc3)c2cc1C. The van der Waals surface area contributed by atoms with Crippen LogP contribution in [0.5, 0.6) is 5.75 Å². The summed E-state index contributed by atoms with van der Waals surface area (Å²) < 4.78 is 5.58. The maximum Gasteiger partial charge on any atom is 0.224 e. The molecular formula is C21H23NO3. The molecule has 0 spiro atoms. The van der Waals surface area contributed by atoms with Crippen LogP contribution in [-0.2, 0) is 17.6 Å². The number of fused-ring (bicyclic) bond motifs is 1. The molecule has 0 bridgehead atoms. The lowest BCUT2D eigenvalue weighted by Crippen LogP contribution is -2.26. The van der Waals surface area contributed by atoms with Crippen molar-refractivity contribution in [2.24, 2.45) is 0 Å². The third-order valence-corrected chi connectivity index (χ3v) is 4.52. The Morgan fingerprint density at radius 2 is 1.84 bits per heavy atom. The Balaban J connectivity index is 1.51. The summed E-state index contributed by atoms with van der Waals surface area (Å²) in [6.07, 6.45) is 3.74. The van der Waals surface area contributed by atoms with Gasteiger partial charge in [0.2, 0.25) is 5.91 Å². The van der Waals surface area contributed by atoms with Crippen molar-refractivity contribution >= 4 is 16.9 Å². The average molecular weight is 337 g/mol. The number of rotatable bonds is 6. The number of phenols is 1. The number of phenolic OH excluding ortho intramolecular Hbond substituents is 1. The molecule has 130 valence electrons. The van der Waals surface area contributed by atoms with E-state index in [4.69, 9.17) is 4.42 Å². The number of hydrogen-bond donors (Lipinski definition) is 2. The van der Waals surface area contributed by atoms with Crippen LogP contribution in [0.15, 0.2) is 47.1 Å². The highest BCUT2D eigenvalue weighted by Crippen LogP contribution is 2.25. The van der Waals surface area contributed by atoms with E-state index in [0.717, 1.165) is 34.9 Å². The average Bonchev–Trinajstić information content (AvgIpc) is 2.95. The number of hydrogen-bond acceptors (Lipinski definition) is 3. The second-order valence-corrected chi connectivity index (χ2v) is 6.49. The van der Waals surface area contributed by atoms with Gasteiger partial charge in [0.25, 0.3) is 0 Å². The summed E-state index contributed by atoms with van der Waals surface area (Å²) in [6, 6.07) is 11.3. The van der Waals surface area contributed by atoms with Crippen LogP contribution >= 0.6 is 0 Å². The molecule has 0 aliphatic rings. The van der Waals surface area contributed by atoms with Crippen molar-refractivity contribution in [2.75, 3.05) is 6.54 Å². The van der Waals surface area contributed by atoms with Gasteiger partial charge in [-0.15, -0.1) is 0 Å². The Morgan fingerprint density at radius 3 is 2.60 bits per heavy atom. The van der Waals surface area contributed by atoms with Gasteiger partial charge in [-0.3, -0.25) is 4.79 Å². The largest absolute Gasteiger partial charge is 0.508 e. The number of amides is 1. The van der Waals surface area contributed by atoms with Crippen molar-refractivity contribution in [3.8, 4) is 5.75 Å². The molecule has 1 heterocycles. The maximum atomic E-state index is 12.2. The van der Waals surface area contributed by atoms with Crippen LogP contribution < -0.4 is 5.32 Å². The van der Waals surface area contributed by atoms with E-state index in [-0.39, 0.29) is 11.7 Å². The molecule has 3 aromatic rings. The maximum absolute atomic E-state index is 12.2. The third-order valence-electron chi connectivity index (χ3n) is 4.52. The molecule has 0 fully saturated rings. The highest BCUT2D eigenvalue weighted by atomic mass is 16.3. The van der Waals surface area contributed by atoms with Crippen LogP contribution in [0.25, 0.3) is 11.0 Å². The fourth-order valence-corrected chi connectivity index (χ4v) is 2.89. The van der Waals surface area contributed by atoms with Gasteiger partial charge in [0.1, 0.15) is 11.3 Å². The molecule has 1 amide bonds. The van der Waals surface area contributed by atoms with Crippen LogP contribution in [-0.4, -0.2) is 17.6 Å². The van der Waals surface area contributed by atoms with Crippen molar-refractivity contribution in [1.82, 2.24) is 5.32 Å². The molecule has 0 unspecified atom stereocenters. The van der Waals surface area contributed by atoms with E-state index < -0.39 is 0 Å². The zero-order chi connectivity index (χ0) is 17.8. The topological polar surface area (TPSA) is 62.5 Å².